The molecule has 1 aromatic carbocycles. The molecule has 3 heterocycles. The van der Waals surface area contributed by atoms with Crippen molar-refractivity contribution in [2.45, 2.75) is 18.9 Å². The first-order valence-corrected chi connectivity index (χ1v) is 12.1. The van der Waals surface area contributed by atoms with Crippen molar-refractivity contribution in [1.29, 1.82) is 0 Å². The van der Waals surface area contributed by atoms with Gasteiger partial charge in [-0.1, -0.05) is 6.08 Å². The minimum Gasteiger partial charge on any atom is -0.492 e. The summed E-state index contributed by atoms with van der Waals surface area (Å²) in [7, 11) is 0. The number of nitrogens with two attached hydrogens (primary N) is 1. The van der Waals surface area contributed by atoms with Crippen molar-refractivity contribution < 1.29 is 14.3 Å². The highest BCUT2D eigenvalue weighted by Gasteiger charge is 2.20. The van der Waals surface area contributed by atoms with Crippen molar-refractivity contribution in [3.8, 4) is 5.69 Å². The lowest BCUT2D eigenvalue weighted by Gasteiger charge is -2.28. The van der Waals surface area contributed by atoms with Gasteiger partial charge in [0.2, 0.25) is 11.9 Å². The Morgan fingerprint density at radius 2 is 1.86 bits per heavy atom. The van der Waals surface area contributed by atoms with Crippen LogP contribution in [-0.2, 0) is 14.3 Å². The third-order valence-corrected chi connectivity index (χ3v) is 6.47. The maximum absolute atomic E-state index is 11.6. The number of allylic oxidation sites excluding steroid dienone is 1. The molecule has 3 N–H and O–H groups in total. The van der Waals surface area contributed by atoms with Crippen molar-refractivity contribution >= 4 is 23.5 Å². The largest absolute Gasteiger partial charge is 0.492 e. The zero-order valence-electron chi connectivity index (χ0n) is 19.7. The van der Waals surface area contributed by atoms with Gasteiger partial charge in [-0.05, 0) is 62.3 Å². The number of anilines is 3. The predicted molar refractivity (Wildman–Crippen MR) is 134 cm³/mol. The van der Waals surface area contributed by atoms with Crippen LogP contribution in [0.2, 0.25) is 0 Å². The Morgan fingerprint density at radius 1 is 1.11 bits per heavy atom. The van der Waals surface area contributed by atoms with Gasteiger partial charge in [0.15, 0.2) is 0 Å². The molecule has 2 fully saturated rings. The number of morpholine rings is 1. The van der Waals surface area contributed by atoms with Crippen LogP contribution < -0.4 is 16.0 Å². The maximum atomic E-state index is 11.6. The number of nitrogen functional groups attached to an aromatic ring is 1. The van der Waals surface area contributed by atoms with Crippen molar-refractivity contribution in [3.05, 3.63) is 53.8 Å². The molecule has 35 heavy (non-hydrogen) atoms. The molecular formula is C25H31N7O3. The third kappa shape index (κ3) is 5.57. The Kier molecular flexibility index (Phi) is 7.13. The first-order valence-electron chi connectivity index (χ1n) is 12.1. The van der Waals surface area contributed by atoms with Crippen molar-refractivity contribution in [2.24, 2.45) is 0 Å². The van der Waals surface area contributed by atoms with E-state index in [4.69, 9.17) is 15.2 Å². The molecule has 0 bridgehead atoms. The van der Waals surface area contributed by atoms with E-state index in [1.807, 2.05) is 42.4 Å². The summed E-state index contributed by atoms with van der Waals surface area (Å²) in [5, 5.41) is 7.66. The number of likely N-dealkylation sites (tertiary alicyclic amines) is 1. The molecule has 1 unspecified atom stereocenters. The molecule has 1 aliphatic carbocycles. The highest BCUT2D eigenvalue weighted by molar-refractivity contribution is 5.65. The molecule has 10 nitrogen and oxygen atoms in total. The third-order valence-electron chi connectivity index (χ3n) is 6.47. The minimum absolute atomic E-state index is 0.254. The molecule has 10 heteroatoms. The zero-order valence-corrected chi connectivity index (χ0v) is 19.7. The number of nitrogens with zero attached hydrogens (tertiary/aromatic N) is 5. The number of hydrogen-bond donors (Lipinski definition) is 2. The van der Waals surface area contributed by atoms with Crippen LogP contribution in [0.4, 0.5) is 17.6 Å². The minimum atomic E-state index is -0.419. The molecule has 0 amide bonds. The smallest absolute Gasteiger partial charge is 0.245 e. The molecule has 1 aromatic heterocycles. The van der Waals surface area contributed by atoms with Crippen LogP contribution >= 0.6 is 0 Å². The van der Waals surface area contributed by atoms with E-state index in [1.165, 1.54) is 12.8 Å². The van der Waals surface area contributed by atoms with Gasteiger partial charge in [-0.15, -0.1) is 5.10 Å². The molecule has 2 aliphatic heterocycles. The fourth-order valence-electron chi connectivity index (χ4n) is 4.53. The highest BCUT2D eigenvalue weighted by Crippen LogP contribution is 2.22. The summed E-state index contributed by atoms with van der Waals surface area (Å²) in [5.41, 5.74) is 8.50. The van der Waals surface area contributed by atoms with Gasteiger partial charge in [0.1, 0.15) is 18.3 Å². The maximum Gasteiger partial charge on any atom is 0.245 e. The van der Waals surface area contributed by atoms with Crippen LogP contribution in [0.5, 0.6) is 0 Å². The first-order chi connectivity index (χ1) is 17.2. The normalized spacial score (nSPS) is 20.6. The van der Waals surface area contributed by atoms with Crippen molar-refractivity contribution in [1.82, 2.24) is 19.7 Å². The van der Waals surface area contributed by atoms with Gasteiger partial charge in [0.05, 0.1) is 30.5 Å². The summed E-state index contributed by atoms with van der Waals surface area (Å²) in [6, 6.07) is 7.60. The quantitative estimate of drug-likeness (QED) is 0.550. The fraction of sp³-hybridized carbons (Fsp3) is 0.440. The Balaban J connectivity index is 1.20. The van der Waals surface area contributed by atoms with Gasteiger partial charge in [-0.25, -0.2) is 4.79 Å². The summed E-state index contributed by atoms with van der Waals surface area (Å²) >= 11 is 0. The molecule has 0 saturated carbocycles. The predicted octanol–water partition coefficient (Wildman–Crippen LogP) is 1.79. The molecule has 184 valence electrons. The van der Waals surface area contributed by atoms with Crippen molar-refractivity contribution in [3.63, 3.8) is 0 Å². The topological polar surface area (TPSA) is 111 Å². The van der Waals surface area contributed by atoms with E-state index in [0.717, 1.165) is 57.3 Å². The number of hydrogen-bond acceptors (Lipinski definition) is 9. The molecule has 2 saturated heterocycles. The number of carbonyl (C=O) groups excluding carboxylic acids is 1. The number of ether oxygens (including phenoxy) is 2. The molecule has 3 aliphatic rings. The summed E-state index contributed by atoms with van der Waals surface area (Å²) in [6.45, 7) is 6.96. The van der Waals surface area contributed by atoms with E-state index >= 15 is 0 Å². The lowest BCUT2D eigenvalue weighted by Crippen LogP contribution is -2.36. The Labute approximate surface area is 204 Å². The summed E-state index contributed by atoms with van der Waals surface area (Å²) in [4.78, 5) is 20.6. The zero-order chi connectivity index (χ0) is 24.0. The van der Waals surface area contributed by atoms with E-state index in [1.54, 1.807) is 10.8 Å². The second-order valence-corrected chi connectivity index (χ2v) is 8.80. The molecule has 2 aromatic rings. The lowest BCUT2D eigenvalue weighted by atomic mass is 10.0. The Morgan fingerprint density at radius 3 is 2.60 bits per heavy atom. The summed E-state index contributed by atoms with van der Waals surface area (Å²) in [5.74, 6) is 3.24. The second-order valence-electron chi connectivity index (χ2n) is 8.80. The van der Waals surface area contributed by atoms with Crippen LogP contribution in [-0.4, -0.2) is 84.2 Å². The van der Waals surface area contributed by atoms with Gasteiger partial charge in [0, 0.05) is 25.3 Å². The highest BCUT2D eigenvalue weighted by atomic mass is 16.5. The van der Waals surface area contributed by atoms with Gasteiger partial charge in [0.25, 0.3) is 0 Å². The second kappa shape index (κ2) is 10.8. The number of nitrogens with one attached hydrogen (secondary N) is 1. The SMILES string of the molecule is Nc1nc(NC2C=CC(OCCN3CCCC3)=CC2=C=O)nn1-c1ccc(N2CCOCC2)cc1. The van der Waals surface area contributed by atoms with E-state index in [9.17, 15) is 4.79 Å². The molecular weight excluding hydrogens is 446 g/mol. The van der Waals surface area contributed by atoms with E-state index < -0.39 is 6.04 Å². The molecule has 1 atom stereocenters. The van der Waals surface area contributed by atoms with Crippen LogP contribution in [0.1, 0.15) is 12.8 Å². The summed E-state index contributed by atoms with van der Waals surface area (Å²) < 4.78 is 12.8. The van der Waals surface area contributed by atoms with Gasteiger partial charge >= 0.3 is 0 Å². The van der Waals surface area contributed by atoms with E-state index in [2.05, 4.69) is 25.2 Å². The number of rotatable bonds is 8. The average Bonchev–Trinajstić information content (AvgIpc) is 3.55. The Hall–Kier alpha value is -3.59. The van der Waals surface area contributed by atoms with Crippen LogP contribution in [0.15, 0.2) is 53.8 Å². The standard InChI is InChI=1S/C25H31N7O3/c26-24-28-25(29-32(24)21-5-3-20(4-6-21)31-12-14-34-15-13-31)27-23-8-7-22(17-19(23)18-33)35-16-11-30-9-1-2-10-30/h3-8,17,23H,1-2,9-16H2,(H3,26,27,28,29). The molecule has 5 rings (SSSR count). The van der Waals surface area contributed by atoms with Gasteiger partial charge in [-0.3, -0.25) is 4.90 Å². The van der Waals surface area contributed by atoms with Crippen molar-refractivity contribution in [2.75, 3.05) is 68.5 Å². The van der Waals surface area contributed by atoms with E-state index in [-0.39, 0.29) is 5.95 Å². The summed E-state index contributed by atoms with van der Waals surface area (Å²) in [6.07, 6.45) is 7.91. The van der Waals surface area contributed by atoms with Crippen LogP contribution in [0.3, 0.4) is 0 Å². The molecule has 0 spiro atoms. The Bertz CT molecular complexity index is 1120. The van der Waals surface area contributed by atoms with Gasteiger partial charge in [-0.2, -0.15) is 9.67 Å². The van der Waals surface area contributed by atoms with Crippen LogP contribution in [0, 0.1) is 0 Å². The average molecular weight is 478 g/mol. The number of aromatic nitrogens is 3. The van der Waals surface area contributed by atoms with Crippen LogP contribution in [0.25, 0.3) is 5.69 Å². The first kappa shape index (κ1) is 23.2. The number of benzene rings is 1. The lowest BCUT2D eigenvalue weighted by molar-refractivity contribution is 0.122. The molecule has 0 radical (unpaired) electrons. The monoisotopic (exact) mass is 477 g/mol. The van der Waals surface area contributed by atoms with Gasteiger partial charge < -0.3 is 25.4 Å². The fourth-order valence-corrected chi connectivity index (χ4v) is 4.53. The van der Waals surface area contributed by atoms with E-state index in [0.29, 0.717) is 23.9 Å².